The molecule has 0 aliphatic carbocycles. The van der Waals surface area contributed by atoms with Crippen LogP contribution in [0.5, 0.6) is 23.0 Å². The summed E-state index contributed by atoms with van der Waals surface area (Å²) in [6.45, 7) is 19.7. The number of ether oxygens (including phenoxy) is 4. The number of nitrogens with zero attached hydrogens (tertiary/aromatic N) is 2. The molecular weight excluding hydrogens is 633 g/mol. The summed E-state index contributed by atoms with van der Waals surface area (Å²) in [6.07, 6.45) is 5.04. The molecule has 0 heterocycles. The predicted molar refractivity (Wildman–Crippen MR) is 204 cm³/mol. The summed E-state index contributed by atoms with van der Waals surface area (Å²) in [7, 11) is 0. The molecule has 0 saturated heterocycles. The third-order valence-corrected chi connectivity index (χ3v) is 9.04. The van der Waals surface area contributed by atoms with Gasteiger partial charge >= 0.3 is 0 Å². The maximum atomic E-state index is 9.17. The molecule has 6 aromatic carbocycles. The van der Waals surface area contributed by atoms with Crippen molar-refractivity contribution >= 4 is 27.2 Å². The van der Waals surface area contributed by atoms with Crippen LogP contribution in [0.1, 0.15) is 41.7 Å². The lowest BCUT2D eigenvalue weighted by atomic mass is 9.77. The van der Waals surface area contributed by atoms with Gasteiger partial charge in [-0.05, 0) is 111 Å². The molecule has 0 unspecified atom stereocenters. The molecule has 51 heavy (non-hydrogen) atoms. The van der Waals surface area contributed by atoms with E-state index in [1.54, 1.807) is 12.1 Å². The number of rotatable bonds is 14. The quantitative estimate of drug-likeness (QED) is 0.0655. The smallest absolute Gasteiger partial charge is 0.230 e. The second kappa shape index (κ2) is 15.4. The van der Waals surface area contributed by atoms with Gasteiger partial charge in [-0.1, -0.05) is 80.6 Å². The topological polar surface area (TPSA) is 65.1 Å². The molecule has 0 saturated carbocycles. The van der Waals surface area contributed by atoms with E-state index in [1.807, 2.05) is 84.9 Å². The Morgan fingerprint density at radius 1 is 0.627 bits per heavy atom. The lowest BCUT2D eigenvalue weighted by Crippen LogP contribution is -2.20. The molecule has 0 aliphatic heterocycles. The van der Waals surface area contributed by atoms with E-state index in [2.05, 4.69) is 62.2 Å². The molecule has 6 nitrogen and oxygen atoms in total. The van der Waals surface area contributed by atoms with E-state index in [0.29, 0.717) is 35.6 Å². The summed E-state index contributed by atoms with van der Waals surface area (Å²) in [6, 6.07) is 37.5. The molecule has 6 aromatic rings. The van der Waals surface area contributed by atoms with Gasteiger partial charge in [0.2, 0.25) is 13.6 Å². The minimum Gasteiger partial charge on any atom is -0.457 e. The summed E-state index contributed by atoms with van der Waals surface area (Å²) in [5.41, 5.74) is 5.23. The van der Waals surface area contributed by atoms with Gasteiger partial charge in [-0.2, -0.15) is 5.26 Å². The molecule has 0 atom stereocenters. The Bertz CT molecular complexity index is 2160. The molecule has 0 aliphatic rings. The number of nitriles is 1. The molecular formula is C45H38N2O4. The molecule has 6 heteroatoms. The van der Waals surface area contributed by atoms with Crippen molar-refractivity contribution in [3.63, 3.8) is 0 Å². The Morgan fingerprint density at radius 3 is 1.63 bits per heavy atom. The summed E-state index contributed by atoms with van der Waals surface area (Å²) in [5.74, 6) is 2.87. The lowest BCUT2D eigenvalue weighted by Gasteiger charge is -2.28. The van der Waals surface area contributed by atoms with Crippen molar-refractivity contribution in [2.24, 2.45) is 0 Å². The van der Waals surface area contributed by atoms with E-state index < -0.39 is 0 Å². The maximum absolute atomic E-state index is 9.17. The minimum absolute atomic E-state index is 0.0513. The van der Waals surface area contributed by atoms with Gasteiger partial charge in [0, 0.05) is 5.41 Å². The van der Waals surface area contributed by atoms with E-state index >= 15 is 0 Å². The fourth-order valence-electron chi connectivity index (χ4n) is 6.09. The maximum Gasteiger partial charge on any atom is 0.230 e. The molecule has 0 spiro atoms. The van der Waals surface area contributed by atoms with Crippen LogP contribution in [0.25, 0.3) is 26.4 Å². The summed E-state index contributed by atoms with van der Waals surface area (Å²) < 4.78 is 24.1. The van der Waals surface area contributed by atoms with E-state index in [0.717, 1.165) is 55.3 Å². The van der Waals surface area contributed by atoms with Gasteiger partial charge in [0.1, 0.15) is 23.0 Å². The Balaban J connectivity index is 1.13. The Kier molecular flexibility index (Phi) is 10.4. The highest BCUT2D eigenvalue weighted by Crippen LogP contribution is 2.37. The first-order chi connectivity index (χ1) is 24.8. The Hall–Kier alpha value is -6.50. The van der Waals surface area contributed by atoms with Gasteiger partial charge in [0.25, 0.3) is 0 Å². The van der Waals surface area contributed by atoms with Gasteiger partial charge in [0.15, 0.2) is 5.69 Å². The van der Waals surface area contributed by atoms with Crippen molar-refractivity contribution in [2.75, 3.05) is 13.6 Å². The van der Waals surface area contributed by atoms with Gasteiger partial charge in [0.05, 0.1) is 18.2 Å². The van der Waals surface area contributed by atoms with Crippen LogP contribution in [0.2, 0.25) is 0 Å². The van der Waals surface area contributed by atoms with Crippen molar-refractivity contribution in [1.82, 2.24) is 0 Å². The molecule has 0 fully saturated rings. The van der Waals surface area contributed by atoms with Crippen LogP contribution in [0.3, 0.4) is 0 Å². The largest absolute Gasteiger partial charge is 0.457 e. The second-order valence-corrected chi connectivity index (χ2v) is 12.7. The summed E-state index contributed by atoms with van der Waals surface area (Å²) >= 11 is 0. The average molecular weight is 671 g/mol. The first kappa shape index (κ1) is 34.4. The fraction of sp³-hybridized carbons (Fsp3) is 0.156. The van der Waals surface area contributed by atoms with E-state index in [9.17, 15) is 5.26 Å². The number of allylic oxidation sites excluding steroid dienone is 2. The van der Waals surface area contributed by atoms with Gasteiger partial charge in [-0.15, -0.1) is 13.2 Å². The number of hydrogen-bond donors (Lipinski definition) is 0. The van der Waals surface area contributed by atoms with Crippen molar-refractivity contribution < 1.29 is 18.9 Å². The van der Waals surface area contributed by atoms with Crippen LogP contribution in [0.4, 0.5) is 5.69 Å². The molecule has 0 amide bonds. The SMILES string of the molecule is [C-]#[N+]c1ccc2cc(OCOc3ccc(C(C)(C)c4ccc(OCOc5ccc6cc(C#N)ccc6c5)c(CC=C)c4)cc3CC=C)ccc2c1. The lowest BCUT2D eigenvalue weighted by molar-refractivity contribution is 0.119. The van der Waals surface area contributed by atoms with E-state index in [1.165, 1.54) is 0 Å². The van der Waals surface area contributed by atoms with Crippen LogP contribution in [0.15, 0.2) is 135 Å². The molecule has 0 aromatic heterocycles. The van der Waals surface area contributed by atoms with Crippen LogP contribution >= 0.6 is 0 Å². The first-order valence-electron chi connectivity index (χ1n) is 16.7. The third kappa shape index (κ3) is 7.88. The zero-order chi connectivity index (χ0) is 35.8. The highest BCUT2D eigenvalue weighted by molar-refractivity contribution is 5.87. The zero-order valence-electron chi connectivity index (χ0n) is 28.8. The van der Waals surface area contributed by atoms with Crippen LogP contribution in [0, 0.1) is 17.9 Å². The average Bonchev–Trinajstić information content (AvgIpc) is 3.15. The Labute approximate surface area is 299 Å². The number of benzene rings is 6. The van der Waals surface area contributed by atoms with Crippen molar-refractivity contribution in [3.05, 3.63) is 174 Å². The molecule has 252 valence electrons. The highest BCUT2D eigenvalue weighted by Gasteiger charge is 2.25. The predicted octanol–water partition coefficient (Wildman–Crippen LogP) is 11.0. The summed E-state index contributed by atoms with van der Waals surface area (Å²) in [4.78, 5) is 3.50. The number of hydrogen-bond acceptors (Lipinski definition) is 5. The highest BCUT2D eigenvalue weighted by atomic mass is 16.7. The fourth-order valence-corrected chi connectivity index (χ4v) is 6.09. The standard InChI is InChI=1S/C45H38N2O4/c1-6-8-36-23-38(15-20-43(36)50-29-48-41-18-13-32-22-31(28-46)10-11-34(32)26-41)45(3,4)39-16-21-44(37(24-39)9-7-2)51-30-49-42-19-14-33-25-40(47-5)17-12-35(33)27-42/h6-7,10-27H,1-2,8-9,29-30H2,3-4H3. The normalized spacial score (nSPS) is 11.0. The third-order valence-electron chi connectivity index (χ3n) is 9.04. The van der Waals surface area contributed by atoms with Gasteiger partial charge < -0.3 is 18.9 Å². The van der Waals surface area contributed by atoms with Crippen molar-refractivity contribution in [3.8, 4) is 29.1 Å². The molecule has 0 N–H and O–H groups in total. The molecule has 0 bridgehead atoms. The van der Waals surface area contributed by atoms with Gasteiger partial charge in [-0.3, -0.25) is 0 Å². The monoisotopic (exact) mass is 670 g/mol. The van der Waals surface area contributed by atoms with Crippen LogP contribution in [-0.2, 0) is 18.3 Å². The van der Waals surface area contributed by atoms with Crippen molar-refractivity contribution in [2.45, 2.75) is 32.1 Å². The van der Waals surface area contributed by atoms with Gasteiger partial charge in [-0.25, -0.2) is 4.85 Å². The first-order valence-corrected chi connectivity index (χ1v) is 16.7. The molecule has 6 rings (SSSR count). The second-order valence-electron chi connectivity index (χ2n) is 12.7. The van der Waals surface area contributed by atoms with E-state index in [-0.39, 0.29) is 19.0 Å². The van der Waals surface area contributed by atoms with Crippen molar-refractivity contribution in [1.29, 1.82) is 5.26 Å². The Morgan fingerprint density at radius 2 is 1.12 bits per heavy atom. The molecule has 0 radical (unpaired) electrons. The van der Waals surface area contributed by atoms with Crippen LogP contribution in [-0.4, -0.2) is 13.6 Å². The number of fused-ring (bicyclic) bond motifs is 2. The summed E-state index contributed by atoms with van der Waals surface area (Å²) in [5, 5.41) is 13.1. The van der Waals surface area contributed by atoms with E-state index in [4.69, 9.17) is 25.5 Å². The zero-order valence-corrected chi connectivity index (χ0v) is 28.8. The van der Waals surface area contributed by atoms with Crippen LogP contribution < -0.4 is 18.9 Å². The minimum atomic E-state index is -0.329.